The molecule has 1 aliphatic carbocycles. The van der Waals surface area contributed by atoms with E-state index in [2.05, 4.69) is 22.2 Å². The van der Waals surface area contributed by atoms with E-state index in [0.29, 0.717) is 12.0 Å². The molecule has 1 aromatic rings. The predicted molar refractivity (Wildman–Crippen MR) is 73.1 cm³/mol. The Kier molecular flexibility index (Phi) is 4.04. The second-order valence-corrected chi connectivity index (χ2v) is 5.22. The molecule has 0 saturated heterocycles. The van der Waals surface area contributed by atoms with Gasteiger partial charge < -0.3 is 10.1 Å². The molecular weight excluding hydrogens is 226 g/mol. The van der Waals surface area contributed by atoms with Gasteiger partial charge in [0.25, 0.3) is 0 Å². The van der Waals surface area contributed by atoms with Gasteiger partial charge in [-0.25, -0.2) is 4.98 Å². The molecular formula is C14H23N3O. The number of aryl methyl sites for hydroxylation is 1. The molecule has 1 saturated carbocycles. The minimum atomic E-state index is 0.302. The van der Waals surface area contributed by atoms with Gasteiger partial charge in [-0.05, 0) is 39.0 Å². The molecule has 1 N–H and O–H groups in total. The molecule has 4 heteroatoms. The van der Waals surface area contributed by atoms with Gasteiger partial charge in [0.1, 0.15) is 17.7 Å². The normalized spacial score (nSPS) is 23.8. The summed E-state index contributed by atoms with van der Waals surface area (Å²) in [5, 5.41) is 3.09. The van der Waals surface area contributed by atoms with Crippen LogP contribution in [0.15, 0.2) is 0 Å². The second kappa shape index (κ2) is 5.55. The summed E-state index contributed by atoms with van der Waals surface area (Å²) >= 11 is 0. The summed E-state index contributed by atoms with van der Waals surface area (Å²) in [6.45, 7) is 6.18. The fraction of sp³-hybridized carbons (Fsp3) is 0.714. The molecule has 100 valence electrons. The number of nitrogens with zero attached hydrogens (tertiary/aromatic N) is 2. The molecule has 2 unspecified atom stereocenters. The van der Waals surface area contributed by atoms with Gasteiger partial charge in [0.15, 0.2) is 0 Å². The van der Waals surface area contributed by atoms with Crippen molar-refractivity contribution in [1.29, 1.82) is 0 Å². The lowest BCUT2D eigenvalue weighted by atomic mass is 9.88. The van der Waals surface area contributed by atoms with Gasteiger partial charge in [-0.3, -0.25) is 0 Å². The minimum Gasteiger partial charge on any atom is -0.474 e. The zero-order valence-corrected chi connectivity index (χ0v) is 11.8. The van der Waals surface area contributed by atoms with Crippen LogP contribution in [0.3, 0.4) is 0 Å². The Morgan fingerprint density at radius 2 is 1.89 bits per heavy atom. The molecule has 2 atom stereocenters. The Balaban J connectivity index is 2.20. The van der Waals surface area contributed by atoms with E-state index in [9.17, 15) is 0 Å². The van der Waals surface area contributed by atoms with Crippen LogP contribution >= 0.6 is 0 Å². The van der Waals surface area contributed by atoms with Crippen LogP contribution in [0, 0.1) is 19.8 Å². The molecule has 0 amide bonds. The molecule has 0 aliphatic heterocycles. The quantitative estimate of drug-likeness (QED) is 0.894. The Labute approximate surface area is 109 Å². The fourth-order valence-corrected chi connectivity index (χ4v) is 2.56. The molecule has 1 fully saturated rings. The first-order valence-electron chi connectivity index (χ1n) is 6.81. The average molecular weight is 249 g/mol. The van der Waals surface area contributed by atoms with E-state index in [1.54, 1.807) is 0 Å². The first kappa shape index (κ1) is 13.1. The lowest BCUT2D eigenvalue weighted by Crippen LogP contribution is -2.29. The van der Waals surface area contributed by atoms with Crippen molar-refractivity contribution >= 4 is 5.82 Å². The number of hydrogen-bond donors (Lipinski definition) is 1. The third-order valence-corrected chi connectivity index (χ3v) is 3.75. The van der Waals surface area contributed by atoms with Crippen LogP contribution in [-0.4, -0.2) is 23.1 Å². The maximum absolute atomic E-state index is 6.13. The molecule has 1 aliphatic rings. The lowest BCUT2D eigenvalue weighted by Gasteiger charge is -2.29. The highest BCUT2D eigenvalue weighted by Crippen LogP contribution is 2.30. The van der Waals surface area contributed by atoms with E-state index in [0.717, 1.165) is 29.5 Å². The lowest BCUT2D eigenvalue weighted by molar-refractivity contribution is 0.0965. The third kappa shape index (κ3) is 2.74. The van der Waals surface area contributed by atoms with Crippen LogP contribution in [0.1, 0.15) is 44.0 Å². The van der Waals surface area contributed by atoms with Crippen molar-refractivity contribution in [3.63, 3.8) is 0 Å². The van der Waals surface area contributed by atoms with Crippen molar-refractivity contribution in [3.05, 3.63) is 11.4 Å². The number of rotatable bonds is 3. The van der Waals surface area contributed by atoms with Gasteiger partial charge in [-0.2, -0.15) is 4.98 Å². The largest absolute Gasteiger partial charge is 0.474 e. The smallest absolute Gasteiger partial charge is 0.222 e. The highest BCUT2D eigenvalue weighted by atomic mass is 16.5. The standard InChI is InChI=1S/C14H23N3O/c1-9-7-5-6-8-12(9)18-14-10(2)13(15-4)16-11(3)17-14/h9,12H,5-8H2,1-4H3,(H,15,16,17). The van der Waals surface area contributed by atoms with Crippen LogP contribution in [0.25, 0.3) is 0 Å². The van der Waals surface area contributed by atoms with Crippen molar-refractivity contribution in [2.24, 2.45) is 5.92 Å². The third-order valence-electron chi connectivity index (χ3n) is 3.75. The Hall–Kier alpha value is -1.32. The summed E-state index contributed by atoms with van der Waals surface area (Å²) in [5.74, 6) is 2.97. The highest BCUT2D eigenvalue weighted by molar-refractivity contribution is 5.47. The number of ether oxygens (including phenoxy) is 1. The van der Waals surface area contributed by atoms with Crippen LogP contribution in [0.4, 0.5) is 5.82 Å². The molecule has 1 aromatic heterocycles. The highest BCUT2D eigenvalue weighted by Gasteiger charge is 2.24. The summed E-state index contributed by atoms with van der Waals surface area (Å²) in [6.07, 6.45) is 5.28. The van der Waals surface area contributed by atoms with Crippen molar-refractivity contribution < 1.29 is 4.74 Å². The zero-order valence-electron chi connectivity index (χ0n) is 11.8. The molecule has 0 aromatic carbocycles. The number of aromatic nitrogens is 2. The summed E-state index contributed by atoms with van der Waals surface area (Å²) in [6, 6.07) is 0. The maximum Gasteiger partial charge on any atom is 0.222 e. The van der Waals surface area contributed by atoms with Crippen molar-refractivity contribution in [2.45, 2.75) is 52.6 Å². The van der Waals surface area contributed by atoms with E-state index < -0.39 is 0 Å². The summed E-state index contributed by atoms with van der Waals surface area (Å²) < 4.78 is 6.13. The summed E-state index contributed by atoms with van der Waals surface area (Å²) in [5.41, 5.74) is 1.00. The van der Waals surface area contributed by atoms with Gasteiger partial charge in [-0.15, -0.1) is 0 Å². The van der Waals surface area contributed by atoms with Crippen molar-refractivity contribution in [2.75, 3.05) is 12.4 Å². The Bertz CT molecular complexity index is 420. The predicted octanol–water partition coefficient (Wildman–Crippen LogP) is 3.09. The zero-order chi connectivity index (χ0) is 13.1. The molecule has 0 bridgehead atoms. The van der Waals surface area contributed by atoms with E-state index in [1.807, 2.05) is 20.9 Å². The van der Waals surface area contributed by atoms with Gasteiger partial charge in [-0.1, -0.05) is 13.3 Å². The van der Waals surface area contributed by atoms with Crippen LogP contribution in [0.5, 0.6) is 5.88 Å². The summed E-state index contributed by atoms with van der Waals surface area (Å²) in [7, 11) is 1.88. The molecule has 2 rings (SSSR count). The van der Waals surface area contributed by atoms with Crippen LogP contribution < -0.4 is 10.1 Å². The first-order valence-corrected chi connectivity index (χ1v) is 6.81. The molecule has 0 spiro atoms. The van der Waals surface area contributed by atoms with E-state index in [1.165, 1.54) is 19.3 Å². The SMILES string of the molecule is CNc1nc(C)nc(OC2CCCCC2C)c1C. The van der Waals surface area contributed by atoms with Crippen LogP contribution in [-0.2, 0) is 0 Å². The average Bonchev–Trinajstić information content (AvgIpc) is 2.36. The fourth-order valence-electron chi connectivity index (χ4n) is 2.56. The second-order valence-electron chi connectivity index (χ2n) is 5.22. The van der Waals surface area contributed by atoms with Gasteiger partial charge >= 0.3 is 0 Å². The van der Waals surface area contributed by atoms with Crippen LogP contribution in [0.2, 0.25) is 0 Å². The van der Waals surface area contributed by atoms with E-state index in [4.69, 9.17) is 4.74 Å². The molecule has 0 radical (unpaired) electrons. The topological polar surface area (TPSA) is 47.0 Å². The number of anilines is 1. The Morgan fingerprint density at radius 3 is 2.56 bits per heavy atom. The monoisotopic (exact) mass is 249 g/mol. The first-order chi connectivity index (χ1) is 8.61. The summed E-state index contributed by atoms with van der Waals surface area (Å²) in [4.78, 5) is 8.80. The minimum absolute atomic E-state index is 0.302. The molecule has 1 heterocycles. The molecule has 18 heavy (non-hydrogen) atoms. The number of hydrogen-bond acceptors (Lipinski definition) is 4. The van der Waals surface area contributed by atoms with E-state index >= 15 is 0 Å². The number of nitrogens with one attached hydrogen (secondary N) is 1. The van der Waals surface area contributed by atoms with Gasteiger partial charge in [0, 0.05) is 7.05 Å². The van der Waals surface area contributed by atoms with Crippen molar-refractivity contribution in [3.8, 4) is 5.88 Å². The van der Waals surface area contributed by atoms with Gasteiger partial charge in [0.05, 0.1) is 5.56 Å². The molecule has 4 nitrogen and oxygen atoms in total. The maximum atomic E-state index is 6.13. The Morgan fingerprint density at radius 1 is 1.17 bits per heavy atom. The van der Waals surface area contributed by atoms with Gasteiger partial charge in [0.2, 0.25) is 5.88 Å². The van der Waals surface area contributed by atoms with E-state index in [-0.39, 0.29) is 0 Å². The van der Waals surface area contributed by atoms with Crippen molar-refractivity contribution in [1.82, 2.24) is 9.97 Å².